The molecule has 0 amide bonds. The van der Waals surface area contributed by atoms with Crippen LogP contribution in [0.5, 0.6) is 0 Å². The fourth-order valence-corrected chi connectivity index (χ4v) is 0.932. The SMILES string of the molecule is O=C/C(=C/[O-])c1ccc(Cl)cc1. The van der Waals surface area contributed by atoms with Crippen molar-refractivity contribution in [2.24, 2.45) is 0 Å². The maximum Gasteiger partial charge on any atom is 0.149 e. The summed E-state index contributed by atoms with van der Waals surface area (Å²) in [6.07, 6.45) is 1.05. The Bertz CT molecular complexity index is 301. The molecule has 1 aromatic carbocycles. The van der Waals surface area contributed by atoms with E-state index in [9.17, 15) is 9.90 Å². The highest BCUT2D eigenvalue weighted by molar-refractivity contribution is 6.30. The lowest BCUT2D eigenvalue weighted by molar-refractivity contribution is -0.273. The minimum atomic E-state index is 0.131. The summed E-state index contributed by atoms with van der Waals surface area (Å²) >= 11 is 5.62. The molecule has 0 radical (unpaired) electrons. The van der Waals surface area contributed by atoms with Crippen LogP contribution < -0.4 is 5.11 Å². The van der Waals surface area contributed by atoms with E-state index in [2.05, 4.69) is 0 Å². The molecule has 0 atom stereocenters. The van der Waals surface area contributed by atoms with Crippen molar-refractivity contribution < 1.29 is 9.90 Å². The second kappa shape index (κ2) is 3.93. The number of hydrogen-bond donors (Lipinski definition) is 0. The van der Waals surface area contributed by atoms with Crippen molar-refractivity contribution in [3.8, 4) is 0 Å². The molecular weight excluding hydrogens is 176 g/mol. The zero-order valence-corrected chi connectivity index (χ0v) is 6.91. The fraction of sp³-hybridized carbons (Fsp3) is 0. The molecule has 0 unspecified atom stereocenters. The molecule has 0 fully saturated rings. The van der Waals surface area contributed by atoms with Crippen molar-refractivity contribution in [1.29, 1.82) is 0 Å². The molecule has 0 saturated carbocycles. The monoisotopic (exact) mass is 181 g/mol. The third-order valence-corrected chi connectivity index (χ3v) is 1.68. The first kappa shape index (κ1) is 8.81. The van der Waals surface area contributed by atoms with Gasteiger partial charge >= 0.3 is 0 Å². The number of benzene rings is 1. The third-order valence-electron chi connectivity index (χ3n) is 1.43. The van der Waals surface area contributed by atoms with Crippen LogP contribution in [0.1, 0.15) is 5.56 Å². The maximum absolute atomic E-state index is 10.3. The summed E-state index contributed by atoms with van der Waals surface area (Å²) in [5.74, 6) is 0. The predicted molar refractivity (Wildman–Crippen MR) is 45.5 cm³/mol. The van der Waals surface area contributed by atoms with Crippen molar-refractivity contribution in [2.75, 3.05) is 0 Å². The molecule has 12 heavy (non-hydrogen) atoms. The van der Waals surface area contributed by atoms with Crippen LogP contribution >= 0.6 is 11.6 Å². The van der Waals surface area contributed by atoms with Gasteiger partial charge in [0.1, 0.15) is 6.29 Å². The third kappa shape index (κ3) is 1.86. The van der Waals surface area contributed by atoms with Gasteiger partial charge in [0.25, 0.3) is 0 Å². The van der Waals surface area contributed by atoms with Crippen LogP contribution in [-0.4, -0.2) is 6.29 Å². The van der Waals surface area contributed by atoms with Crippen molar-refractivity contribution >= 4 is 23.5 Å². The van der Waals surface area contributed by atoms with Crippen LogP contribution in [0.25, 0.3) is 5.57 Å². The number of aldehydes is 1. The van der Waals surface area contributed by atoms with Crippen LogP contribution in [-0.2, 0) is 4.79 Å². The zero-order chi connectivity index (χ0) is 8.97. The van der Waals surface area contributed by atoms with Crippen molar-refractivity contribution in [3.05, 3.63) is 41.1 Å². The standard InChI is InChI=1S/C9H7ClO2/c10-9-3-1-7(2-4-9)8(5-11)6-12/h1-6,11H/p-1/b8-5-. The number of rotatable bonds is 2. The van der Waals surface area contributed by atoms with E-state index in [1.807, 2.05) is 0 Å². The Morgan fingerprint density at radius 2 is 1.92 bits per heavy atom. The molecule has 0 aliphatic rings. The Morgan fingerprint density at radius 3 is 2.33 bits per heavy atom. The van der Waals surface area contributed by atoms with Gasteiger partial charge in [-0.1, -0.05) is 23.7 Å². The number of allylic oxidation sites excluding steroid dienone is 1. The molecule has 3 heteroatoms. The Kier molecular flexibility index (Phi) is 2.88. The Balaban J connectivity index is 3.04. The lowest BCUT2D eigenvalue weighted by atomic mass is 10.1. The van der Waals surface area contributed by atoms with E-state index in [-0.39, 0.29) is 5.57 Å². The predicted octanol–water partition coefficient (Wildman–Crippen LogP) is 1.24. The largest absolute Gasteiger partial charge is 0.877 e. The van der Waals surface area contributed by atoms with E-state index in [0.717, 1.165) is 0 Å². The number of carbonyl (C=O) groups excluding carboxylic acids is 1. The highest BCUT2D eigenvalue weighted by Crippen LogP contribution is 2.14. The molecule has 2 nitrogen and oxygen atoms in total. The second-order valence-corrected chi connectivity index (χ2v) is 2.63. The van der Waals surface area contributed by atoms with Crippen molar-refractivity contribution in [1.82, 2.24) is 0 Å². The van der Waals surface area contributed by atoms with Gasteiger partial charge in [-0.2, -0.15) is 0 Å². The highest BCUT2D eigenvalue weighted by Gasteiger charge is 1.95. The summed E-state index contributed by atoms with van der Waals surface area (Å²) in [7, 11) is 0. The van der Waals surface area contributed by atoms with Crippen LogP contribution in [0.4, 0.5) is 0 Å². The van der Waals surface area contributed by atoms with Gasteiger partial charge in [-0.3, -0.25) is 4.79 Å². The van der Waals surface area contributed by atoms with E-state index in [4.69, 9.17) is 11.6 Å². The van der Waals surface area contributed by atoms with E-state index >= 15 is 0 Å². The smallest absolute Gasteiger partial charge is 0.149 e. The van der Waals surface area contributed by atoms with Gasteiger partial charge in [-0.05, 0) is 17.7 Å². The average molecular weight is 182 g/mol. The molecule has 0 heterocycles. The number of carbonyl (C=O) groups is 1. The van der Waals surface area contributed by atoms with Crippen LogP contribution in [0.3, 0.4) is 0 Å². The molecule has 0 aromatic heterocycles. The molecule has 0 N–H and O–H groups in total. The number of hydrogen-bond acceptors (Lipinski definition) is 2. The fourth-order valence-electron chi connectivity index (χ4n) is 0.806. The zero-order valence-electron chi connectivity index (χ0n) is 6.16. The van der Waals surface area contributed by atoms with Gasteiger partial charge in [0.15, 0.2) is 0 Å². The van der Waals surface area contributed by atoms with Gasteiger partial charge in [0, 0.05) is 10.6 Å². The molecule has 1 aromatic rings. The van der Waals surface area contributed by atoms with Crippen LogP contribution in [0, 0.1) is 0 Å². The first-order valence-electron chi connectivity index (χ1n) is 3.31. The minimum absolute atomic E-state index is 0.131. The van der Waals surface area contributed by atoms with Crippen molar-refractivity contribution in [3.63, 3.8) is 0 Å². The van der Waals surface area contributed by atoms with E-state index in [1.165, 1.54) is 0 Å². The highest BCUT2D eigenvalue weighted by atomic mass is 35.5. The van der Waals surface area contributed by atoms with E-state index in [0.29, 0.717) is 23.1 Å². The first-order chi connectivity index (χ1) is 5.77. The minimum Gasteiger partial charge on any atom is -0.877 e. The summed E-state index contributed by atoms with van der Waals surface area (Å²) in [6, 6.07) is 6.51. The van der Waals surface area contributed by atoms with Gasteiger partial charge in [-0.15, -0.1) is 6.26 Å². The van der Waals surface area contributed by atoms with Gasteiger partial charge < -0.3 is 5.11 Å². The first-order valence-corrected chi connectivity index (χ1v) is 3.69. The van der Waals surface area contributed by atoms with Crippen LogP contribution in [0.15, 0.2) is 30.5 Å². The lowest BCUT2D eigenvalue weighted by Gasteiger charge is -2.01. The molecular formula is C9H6ClO2-. The summed E-state index contributed by atoms with van der Waals surface area (Å²) in [6.45, 7) is 0. The molecule has 1 rings (SSSR count). The molecule has 62 valence electrons. The summed E-state index contributed by atoms with van der Waals surface area (Å²) < 4.78 is 0. The maximum atomic E-state index is 10.3. The van der Waals surface area contributed by atoms with E-state index < -0.39 is 0 Å². The number of halogens is 1. The topological polar surface area (TPSA) is 40.1 Å². The van der Waals surface area contributed by atoms with Crippen molar-refractivity contribution in [2.45, 2.75) is 0 Å². The molecule has 0 aliphatic carbocycles. The molecule has 0 spiro atoms. The van der Waals surface area contributed by atoms with Crippen LogP contribution in [0.2, 0.25) is 5.02 Å². The lowest BCUT2D eigenvalue weighted by Crippen LogP contribution is -1.93. The molecule has 0 bridgehead atoms. The van der Waals surface area contributed by atoms with Gasteiger partial charge in [0.05, 0.1) is 0 Å². The summed E-state index contributed by atoms with van der Waals surface area (Å²) in [5, 5.41) is 10.9. The average Bonchev–Trinajstić information content (AvgIpc) is 2.10. The van der Waals surface area contributed by atoms with Gasteiger partial charge in [0.2, 0.25) is 0 Å². The Morgan fingerprint density at radius 1 is 1.33 bits per heavy atom. The second-order valence-electron chi connectivity index (χ2n) is 2.20. The molecule has 0 aliphatic heterocycles. The molecule has 0 saturated heterocycles. The summed E-state index contributed by atoms with van der Waals surface area (Å²) in [4.78, 5) is 10.3. The summed E-state index contributed by atoms with van der Waals surface area (Å²) in [5.41, 5.74) is 0.719. The van der Waals surface area contributed by atoms with Gasteiger partial charge in [-0.25, -0.2) is 0 Å². The van der Waals surface area contributed by atoms with E-state index in [1.54, 1.807) is 24.3 Å². The quantitative estimate of drug-likeness (QED) is 0.391. The Labute approximate surface area is 75.1 Å². The Hall–Kier alpha value is -1.28. The normalized spacial score (nSPS) is 11.2.